The molecule has 36 heavy (non-hydrogen) atoms. The monoisotopic (exact) mass is 548 g/mol. The third kappa shape index (κ3) is 6.29. The molecule has 11 heteroatoms. The van der Waals surface area contributed by atoms with Crippen LogP contribution in [-0.2, 0) is 22.5 Å². The summed E-state index contributed by atoms with van der Waals surface area (Å²) in [5.41, 5.74) is 2.22. The number of hydrogen-bond donors (Lipinski definition) is 1. The Kier molecular flexibility index (Phi) is 9.58. The molecule has 1 N–H and O–H groups in total. The fourth-order valence-electron chi connectivity index (χ4n) is 3.66. The van der Waals surface area contributed by atoms with Crippen LogP contribution in [0.25, 0.3) is 0 Å². The summed E-state index contributed by atoms with van der Waals surface area (Å²) >= 11 is 8.73. The van der Waals surface area contributed by atoms with Crippen molar-refractivity contribution in [1.82, 2.24) is 14.8 Å². The number of halogens is 1. The molecule has 3 rings (SSSR count). The van der Waals surface area contributed by atoms with E-state index in [0.717, 1.165) is 16.0 Å². The maximum absolute atomic E-state index is 12.8. The van der Waals surface area contributed by atoms with Gasteiger partial charge in [0.25, 0.3) is 0 Å². The van der Waals surface area contributed by atoms with Crippen molar-refractivity contribution in [3.63, 3.8) is 0 Å². The lowest BCUT2D eigenvalue weighted by atomic mass is 10.1. The number of carbonyl (C=O) groups is 2. The molecule has 1 amide bonds. The van der Waals surface area contributed by atoms with E-state index in [1.54, 1.807) is 18.2 Å². The van der Waals surface area contributed by atoms with Crippen LogP contribution in [-0.4, -0.2) is 39.5 Å². The highest BCUT2D eigenvalue weighted by atomic mass is 35.5. The van der Waals surface area contributed by atoms with E-state index in [9.17, 15) is 9.59 Å². The second kappa shape index (κ2) is 12.4. The van der Waals surface area contributed by atoms with Gasteiger partial charge in [0.1, 0.15) is 10.8 Å². The Hall–Kier alpha value is -2.82. The number of thioether (sulfide) groups is 1. The van der Waals surface area contributed by atoms with Gasteiger partial charge in [-0.15, -0.1) is 28.1 Å². The number of amides is 1. The van der Waals surface area contributed by atoms with E-state index in [1.807, 2.05) is 38.3 Å². The number of thiophene rings is 1. The van der Waals surface area contributed by atoms with Gasteiger partial charge in [0.2, 0.25) is 5.91 Å². The van der Waals surface area contributed by atoms with Crippen LogP contribution in [0.2, 0.25) is 5.02 Å². The number of aromatic nitrogens is 3. The van der Waals surface area contributed by atoms with E-state index < -0.39 is 12.1 Å². The van der Waals surface area contributed by atoms with Gasteiger partial charge in [-0.3, -0.25) is 9.36 Å². The Morgan fingerprint density at radius 3 is 2.72 bits per heavy atom. The van der Waals surface area contributed by atoms with Crippen LogP contribution >= 0.6 is 34.7 Å². The summed E-state index contributed by atoms with van der Waals surface area (Å²) in [6, 6.07) is 5.46. The lowest BCUT2D eigenvalue weighted by Gasteiger charge is -2.16. The predicted molar refractivity (Wildman–Crippen MR) is 145 cm³/mol. The molecule has 2 aromatic heterocycles. The zero-order valence-electron chi connectivity index (χ0n) is 20.9. The zero-order chi connectivity index (χ0) is 26.4. The maximum Gasteiger partial charge on any atom is 0.341 e. The number of nitrogens with one attached hydrogen (secondary N) is 1. The summed E-state index contributed by atoms with van der Waals surface area (Å²) in [5, 5.41) is 13.2. The van der Waals surface area contributed by atoms with Crippen LogP contribution in [0.1, 0.15) is 52.1 Å². The minimum absolute atomic E-state index is 0.0832. The summed E-state index contributed by atoms with van der Waals surface area (Å²) in [7, 11) is 1.33. The van der Waals surface area contributed by atoms with Crippen molar-refractivity contribution < 1.29 is 19.1 Å². The third-order valence-electron chi connectivity index (χ3n) is 5.40. The lowest BCUT2D eigenvalue weighted by Crippen LogP contribution is -2.17. The van der Waals surface area contributed by atoms with Crippen LogP contribution < -0.4 is 10.1 Å². The van der Waals surface area contributed by atoms with Gasteiger partial charge < -0.3 is 14.8 Å². The molecule has 0 saturated carbocycles. The fraction of sp³-hybridized carbons (Fsp3) is 0.360. The molecule has 1 unspecified atom stereocenters. The molecule has 0 aliphatic rings. The molecular formula is C25H29ClN4O4S2. The number of anilines is 1. The quantitative estimate of drug-likeness (QED) is 0.178. The summed E-state index contributed by atoms with van der Waals surface area (Å²) in [5.74, 6) is 0.647. The Balaban J connectivity index is 1.72. The molecule has 0 aliphatic heterocycles. The van der Waals surface area contributed by atoms with E-state index in [2.05, 4.69) is 22.1 Å². The molecule has 0 fully saturated rings. The van der Waals surface area contributed by atoms with Gasteiger partial charge in [-0.1, -0.05) is 36.4 Å². The van der Waals surface area contributed by atoms with Crippen LogP contribution in [0.4, 0.5) is 5.00 Å². The maximum atomic E-state index is 12.8. The van der Waals surface area contributed by atoms with Gasteiger partial charge in [-0.25, -0.2) is 4.79 Å². The molecule has 1 aromatic carbocycles. The van der Waals surface area contributed by atoms with Crippen molar-refractivity contribution in [3.8, 4) is 5.75 Å². The molecule has 192 valence electrons. The smallest absolute Gasteiger partial charge is 0.341 e. The van der Waals surface area contributed by atoms with E-state index in [4.69, 9.17) is 21.1 Å². The van der Waals surface area contributed by atoms with Gasteiger partial charge in [0.05, 0.1) is 18.4 Å². The molecule has 0 aliphatic carbocycles. The molecule has 0 spiro atoms. The van der Waals surface area contributed by atoms with Gasteiger partial charge in [-0.2, -0.15) is 0 Å². The number of aryl methyl sites for hydroxylation is 2. The molecule has 8 nitrogen and oxygen atoms in total. The number of nitrogens with zero attached hydrogens (tertiary/aromatic N) is 3. The number of hydrogen-bond acceptors (Lipinski definition) is 8. The molecule has 3 aromatic rings. The number of carbonyl (C=O) groups excluding carboxylic acids is 2. The van der Waals surface area contributed by atoms with Crippen LogP contribution in [0.3, 0.4) is 0 Å². The van der Waals surface area contributed by atoms with Crippen molar-refractivity contribution in [2.75, 3.05) is 18.2 Å². The minimum atomic E-state index is -0.459. The number of benzene rings is 1. The van der Waals surface area contributed by atoms with Crippen LogP contribution in [0.5, 0.6) is 5.75 Å². The highest BCUT2D eigenvalue weighted by molar-refractivity contribution is 7.99. The average molecular weight is 549 g/mol. The topological polar surface area (TPSA) is 95.3 Å². The summed E-state index contributed by atoms with van der Waals surface area (Å²) in [6.45, 7) is 12.0. The van der Waals surface area contributed by atoms with Crippen LogP contribution in [0.15, 0.2) is 36.0 Å². The Morgan fingerprint density at radius 2 is 2.08 bits per heavy atom. The number of allylic oxidation sites excluding steroid dienone is 1. The van der Waals surface area contributed by atoms with E-state index in [1.165, 1.54) is 30.2 Å². The number of methoxy groups -OCH3 is 1. The number of rotatable bonds is 11. The predicted octanol–water partition coefficient (Wildman–Crippen LogP) is 6.02. The van der Waals surface area contributed by atoms with Crippen molar-refractivity contribution in [2.45, 2.75) is 51.9 Å². The zero-order valence-corrected chi connectivity index (χ0v) is 23.3. The van der Waals surface area contributed by atoms with Gasteiger partial charge >= 0.3 is 5.97 Å². The SMILES string of the molecule is C=CCn1c(SCC(=O)Nc2sc(C)c(CC)c2C(=O)OC)nnc1C(C)Oc1ccc(Cl)c(C)c1. The standard InChI is InChI=1S/C25H29ClN4O4S2/c1-7-11-30-22(15(4)34-17-9-10-19(26)14(3)12-17)28-29-25(30)35-13-20(31)27-23-21(24(32)33-6)18(8-2)16(5)36-23/h7,9-10,12,15H,1,8,11,13H2,2-6H3,(H,27,31). The first-order valence-electron chi connectivity index (χ1n) is 11.3. The van der Waals surface area contributed by atoms with Gasteiger partial charge in [0, 0.05) is 16.4 Å². The fourth-order valence-corrected chi connectivity index (χ4v) is 5.68. The summed E-state index contributed by atoms with van der Waals surface area (Å²) < 4.78 is 12.9. The molecule has 1 atom stereocenters. The number of esters is 1. The van der Waals surface area contributed by atoms with Crippen LogP contribution in [0, 0.1) is 13.8 Å². The van der Waals surface area contributed by atoms with E-state index >= 15 is 0 Å². The Labute approximate surface area is 224 Å². The highest BCUT2D eigenvalue weighted by Crippen LogP contribution is 2.34. The molecule has 0 bridgehead atoms. The Morgan fingerprint density at radius 1 is 1.33 bits per heavy atom. The van der Waals surface area contributed by atoms with Crippen molar-refractivity contribution in [2.24, 2.45) is 0 Å². The molecule has 0 radical (unpaired) electrons. The summed E-state index contributed by atoms with van der Waals surface area (Å²) in [6.07, 6.45) is 2.01. The normalized spacial score (nSPS) is 11.7. The minimum Gasteiger partial charge on any atom is -0.483 e. The first-order chi connectivity index (χ1) is 17.2. The van der Waals surface area contributed by atoms with E-state index in [-0.39, 0.29) is 11.7 Å². The van der Waals surface area contributed by atoms with Gasteiger partial charge in [-0.05, 0) is 56.5 Å². The van der Waals surface area contributed by atoms with E-state index in [0.29, 0.717) is 45.3 Å². The molecule has 2 heterocycles. The second-order valence-corrected chi connectivity index (χ2v) is 10.5. The lowest BCUT2D eigenvalue weighted by molar-refractivity contribution is -0.113. The third-order valence-corrected chi connectivity index (χ3v) is 7.85. The van der Waals surface area contributed by atoms with Crippen molar-refractivity contribution in [3.05, 3.63) is 63.3 Å². The first kappa shape index (κ1) is 27.8. The highest BCUT2D eigenvalue weighted by Gasteiger charge is 2.24. The van der Waals surface area contributed by atoms with Gasteiger partial charge in [0.15, 0.2) is 17.1 Å². The molecular weight excluding hydrogens is 520 g/mol. The van der Waals surface area contributed by atoms with Crippen molar-refractivity contribution in [1.29, 1.82) is 0 Å². The largest absolute Gasteiger partial charge is 0.483 e. The summed E-state index contributed by atoms with van der Waals surface area (Å²) in [4.78, 5) is 26.1. The Bertz CT molecular complexity index is 1270. The second-order valence-electron chi connectivity index (χ2n) is 7.93. The number of ether oxygens (including phenoxy) is 2. The molecule has 0 saturated heterocycles. The average Bonchev–Trinajstić information content (AvgIpc) is 3.39. The first-order valence-corrected chi connectivity index (χ1v) is 13.5. The van der Waals surface area contributed by atoms with Crippen molar-refractivity contribution >= 4 is 51.6 Å².